The fourth-order valence-corrected chi connectivity index (χ4v) is 2.37. The summed E-state index contributed by atoms with van der Waals surface area (Å²) in [4.78, 5) is 0. The maximum Gasteiger partial charge on any atom is 0.136 e. The standard InChI is InChI=1S/C15H9N3/c1-9-5-6-10-3-2-4-11-12(7-16)13(8-17)18-15(9)14(10)11/h2-6,18H,1H3. The smallest absolute Gasteiger partial charge is 0.136 e. The van der Waals surface area contributed by atoms with Crippen LogP contribution in [0, 0.1) is 29.6 Å². The summed E-state index contributed by atoms with van der Waals surface area (Å²) in [5.41, 5.74) is 3.58. The number of aryl methyl sites for hydroxylation is 1. The number of nitrogens with one attached hydrogen (secondary N) is 1. The molecule has 18 heavy (non-hydrogen) atoms. The van der Waals surface area contributed by atoms with Crippen LogP contribution >= 0.6 is 0 Å². The van der Waals surface area contributed by atoms with Crippen LogP contribution in [-0.4, -0.2) is 0 Å². The van der Waals surface area contributed by atoms with Gasteiger partial charge in [0, 0.05) is 10.9 Å². The van der Waals surface area contributed by atoms with Crippen molar-refractivity contribution < 1.29 is 0 Å². The second kappa shape index (κ2) is 3.61. The van der Waals surface area contributed by atoms with Crippen LogP contribution in [-0.2, 0) is 0 Å². The lowest BCUT2D eigenvalue weighted by molar-refractivity contribution is 1.37. The first-order valence-corrected chi connectivity index (χ1v) is 5.60. The van der Waals surface area contributed by atoms with Crippen molar-refractivity contribution in [2.24, 2.45) is 0 Å². The molecular weight excluding hydrogens is 222 g/mol. The number of allylic oxidation sites excluding steroid dienone is 2. The van der Waals surface area contributed by atoms with Crippen LogP contribution < -0.4 is 5.32 Å². The monoisotopic (exact) mass is 231 g/mol. The molecule has 2 aromatic rings. The molecule has 0 saturated carbocycles. The van der Waals surface area contributed by atoms with Crippen molar-refractivity contribution >= 4 is 22.0 Å². The quantitative estimate of drug-likeness (QED) is 0.756. The van der Waals surface area contributed by atoms with Crippen molar-refractivity contribution in [3.8, 4) is 12.1 Å². The highest BCUT2D eigenvalue weighted by Gasteiger charge is 2.21. The molecule has 0 amide bonds. The minimum atomic E-state index is 0.326. The SMILES string of the molecule is Cc1ccc2cccc3c2c1NC(C#N)=C3C#N. The topological polar surface area (TPSA) is 59.6 Å². The van der Waals surface area contributed by atoms with Crippen molar-refractivity contribution in [1.29, 1.82) is 10.5 Å². The molecular formula is C15H9N3. The first kappa shape index (κ1) is 10.4. The Morgan fingerprint density at radius 2 is 1.89 bits per heavy atom. The molecule has 1 aliphatic rings. The maximum atomic E-state index is 9.24. The molecule has 0 bridgehead atoms. The van der Waals surface area contributed by atoms with Gasteiger partial charge in [0.1, 0.15) is 17.8 Å². The zero-order valence-corrected chi connectivity index (χ0v) is 9.78. The zero-order chi connectivity index (χ0) is 12.7. The van der Waals surface area contributed by atoms with Gasteiger partial charge in [-0.1, -0.05) is 30.3 Å². The summed E-state index contributed by atoms with van der Waals surface area (Å²) in [5.74, 6) is 0. The van der Waals surface area contributed by atoms with Gasteiger partial charge in [0.25, 0.3) is 0 Å². The summed E-state index contributed by atoms with van der Waals surface area (Å²) in [7, 11) is 0. The van der Waals surface area contributed by atoms with Crippen molar-refractivity contribution in [1.82, 2.24) is 0 Å². The summed E-state index contributed by atoms with van der Waals surface area (Å²) in [5, 5.41) is 23.6. The van der Waals surface area contributed by atoms with Crippen molar-refractivity contribution in [3.05, 3.63) is 47.2 Å². The molecule has 3 rings (SSSR count). The second-order valence-electron chi connectivity index (χ2n) is 4.26. The fourth-order valence-electron chi connectivity index (χ4n) is 2.37. The van der Waals surface area contributed by atoms with Crippen LogP contribution in [0.4, 0.5) is 5.69 Å². The van der Waals surface area contributed by atoms with E-state index in [0.29, 0.717) is 11.3 Å². The van der Waals surface area contributed by atoms with E-state index in [2.05, 4.69) is 17.5 Å². The molecule has 0 unspecified atom stereocenters. The Balaban J connectivity index is 2.52. The van der Waals surface area contributed by atoms with E-state index in [4.69, 9.17) is 5.26 Å². The fraction of sp³-hybridized carbons (Fsp3) is 0.0667. The highest BCUT2D eigenvalue weighted by atomic mass is 14.9. The number of nitriles is 2. The Morgan fingerprint density at radius 1 is 1.06 bits per heavy atom. The van der Waals surface area contributed by atoms with Gasteiger partial charge in [0.2, 0.25) is 0 Å². The third kappa shape index (κ3) is 1.22. The normalized spacial score (nSPS) is 12.8. The molecule has 0 aliphatic carbocycles. The molecule has 3 nitrogen and oxygen atoms in total. The minimum Gasteiger partial charge on any atom is -0.345 e. The average molecular weight is 231 g/mol. The van der Waals surface area contributed by atoms with Gasteiger partial charge < -0.3 is 5.32 Å². The van der Waals surface area contributed by atoms with Crippen molar-refractivity contribution in [3.63, 3.8) is 0 Å². The van der Waals surface area contributed by atoms with E-state index in [-0.39, 0.29) is 0 Å². The number of hydrogen-bond acceptors (Lipinski definition) is 3. The molecule has 0 aromatic heterocycles. The Morgan fingerprint density at radius 3 is 2.61 bits per heavy atom. The zero-order valence-electron chi connectivity index (χ0n) is 9.78. The number of benzene rings is 2. The van der Waals surface area contributed by atoms with Crippen molar-refractivity contribution in [2.45, 2.75) is 6.92 Å². The van der Waals surface area contributed by atoms with E-state index in [0.717, 1.165) is 27.6 Å². The Bertz CT molecular complexity index is 786. The van der Waals surface area contributed by atoms with E-state index in [1.54, 1.807) is 0 Å². The Kier molecular flexibility index (Phi) is 2.08. The first-order chi connectivity index (χ1) is 8.76. The highest BCUT2D eigenvalue weighted by molar-refractivity contribution is 6.09. The van der Waals surface area contributed by atoms with Gasteiger partial charge in [-0.25, -0.2) is 0 Å². The largest absolute Gasteiger partial charge is 0.345 e. The Labute approximate surface area is 105 Å². The van der Waals surface area contributed by atoms with Crippen molar-refractivity contribution in [2.75, 3.05) is 5.32 Å². The number of rotatable bonds is 0. The van der Waals surface area contributed by atoms with Gasteiger partial charge in [-0.05, 0) is 17.9 Å². The van der Waals surface area contributed by atoms with Crippen LogP contribution in [0.1, 0.15) is 11.1 Å². The Hall–Kier alpha value is -2.78. The lowest BCUT2D eigenvalue weighted by Gasteiger charge is -2.20. The van der Waals surface area contributed by atoms with Gasteiger partial charge in [-0.15, -0.1) is 0 Å². The van der Waals surface area contributed by atoms with Crippen LogP contribution in [0.5, 0.6) is 0 Å². The molecule has 1 N–H and O–H groups in total. The number of nitrogens with zero attached hydrogens (tertiary/aromatic N) is 2. The van der Waals surface area contributed by atoms with Gasteiger partial charge in [0.05, 0.1) is 11.3 Å². The maximum absolute atomic E-state index is 9.24. The second-order valence-corrected chi connectivity index (χ2v) is 4.26. The third-order valence-electron chi connectivity index (χ3n) is 3.25. The van der Waals surface area contributed by atoms with Crippen LogP contribution in [0.3, 0.4) is 0 Å². The van der Waals surface area contributed by atoms with E-state index in [9.17, 15) is 5.26 Å². The molecule has 0 spiro atoms. The summed E-state index contributed by atoms with van der Waals surface area (Å²) in [6, 6.07) is 14.0. The van der Waals surface area contributed by atoms with Gasteiger partial charge in [-0.2, -0.15) is 10.5 Å². The molecule has 1 heterocycles. The highest BCUT2D eigenvalue weighted by Crippen LogP contribution is 2.38. The molecule has 3 heteroatoms. The lowest BCUT2D eigenvalue weighted by atomic mass is 9.91. The van der Waals surface area contributed by atoms with Gasteiger partial charge >= 0.3 is 0 Å². The van der Waals surface area contributed by atoms with Crippen LogP contribution in [0.15, 0.2) is 36.0 Å². The van der Waals surface area contributed by atoms with E-state index < -0.39 is 0 Å². The molecule has 2 aromatic carbocycles. The molecule has 0 saturated heterocycles. The predicted molar refractivity (Wildman–Crippen MR) is 70.5 cm³/mol. The number of hydrogen-bond donors (Lipinski definition) is 1. The predicted octanol–water partition coefficient (Wildman–Crippen LogP) is 3.33. The van der Waals surface area contributed by atoms with E-state index in [1.165, 1.54) is 0 Å². The summed E-state index contributed by atoms with van der Waals surface area (Å²) >= 11 is 0. The minimum absolute atomic E-state index is 0.326. The summed E-state index contributed by atoms with van der Waals surface area (Å²) in [6.07, 6.45) is 0. The van der Waals surface area contributed by atoms with Gasteiger partial charge in [0.15, 0.2) is 0 Å². The molecule has 0 radical (unpaired) electrons. The average Bonchev–Trinajstić information content (AvgIpc) is 2.42. The van der Waals surface area contributed by atoms with Gasteiger partial charge in [-0.3, -0.25) is 0 Å². The number of anilines is 1. The first-order valence-electron chi connectivity index (χ1n) is 5.60. The summed E-state index contributed by atoms with van der Waals surface area (Å²) in [6.45, 7) is 1.99. The molecule has 0 atom stereocenters. The molecule has 0 fully saturated rings. The third-order valence-corrected chi connectivity index (χ3v) is 3.25. The molecule has 84 valence electrons. The summed E-state index contributed by atoms with van der Waals surface area (Å²) < 4.78 is 0. The lowest BCUT2D eigenvalue weighted by Crippen LogP contribution is -2.08. The van der Waals surface area contributed by atoms with E-state index >= 15 is 0 Å². The van der Waals surface area contributed by atoms with Crippen LogP contribution in [0.2, 0.25) is 0 Å². The van der Waals surface area contributed by atoms with E-state index in [1.807, 2.05) is 37.3 Å². The van der Waals surface area contributed by atoms with Crippen LogP contribution in [0.25, 0.3) is 16.3 Å². The molecule has 1 aliphatic heterocycles.